The van der Waals surface area contributed by atoms with Crippen LogP contribution in [0, 0.1) is 0 Å². The number of hydrogen-bond acceptors (Lipinski definition) is 4. The molecule has 2 rings (SSSR count). The van der Waals surface area contributed by atoms with Crippen LogP contribution in [0.15, 0.2) is 35.9 Å². The summed E-state index contributed by atoms with van der Waals surface area (Å²) in [6.07, 6.45) is 8.80. The Bertz CT molecular complexity index is 744. The van der Waals surface area contributed by atoms with Gasteiger partial charge in [0, 0.05) is 6.54 Å². The van der Waals surface area contributed by atoms with Crippen molar-refractivity contribution in [3.05, 3.63) is 35.9 Å². The van der Waals surface area contributed by atoms with Crippen molar-refractivity contribution in [2.45, 2.75) is 39.0 Å². The van der Waals surface area contributed by atoms with Crippen molar-refractivity contribution < 1.29 is 17.9 Å². The monoisotopic (exact) mass is 380 g/mol. The molecular formula is C19H28N2O4S. The second kappa shape index (κ2) is 9.62. The summed E-state index contributed by atoms with van der Waals surface area (Å²) >= 11 is 0. The van der Waals surface area contributed by atoms with Crippen LogP contribution < -0.4 is 14.4 Å². The smallest absolute Gasteiger partial charge is 0.240 e. The third-order valence-electron chi connectivity index (χ3n) is 4.27. The fourth-order valence-corrected chi connectivity index (χ4v) is 3.86. The number of para-hydroxylation sites is 2. The van der Waals surface area contributed by atoms with Crippen LogP contribution in [-0.4, -0.2) is 40.3 Å². The SMILES string of the molecule is CCOc1ccccc1N(CC(=O)NCCC1=CCCCC1)S(C)(=O)=O. The predicted octanol–water partition coefficient (Wildman–Crippen LogP) is 2.86. The Morgan fingerprint density at radius 1 is 1.27 bits per heavy atom. The van der Waals surface area contributed by atoms with Crippen LogP contribution in [-0.2, 0) is 14.8 Å². The van der Waals surface area contributed by atoms with Gasteiger partial charge in [0.2, 0.25) is 15.9 Å². The van der Waals surface area contributed by atoms with Gasteiger partial charge in [-0.1, -0.05) is 23.8 Å². The van der Waals surface area contributed by atoms with E-state index < -0.39 is 10.0 Å². The zero-order valence-corrected chi connectivity index (χ0v) is 16.3. The first-order chi connectivity index (χ1) is 12.4. The molecule has 1 aromatic rings. The normalized spacial score (nSPS) is 14.5. The molecule has 144 valence electrons. The molecule has 0 atom stereocenters. The van der Waals surface area contributed by atoms with Gasteiger partial charge in [-0.2, -0.15) is 0 Å². The maximum Gasteiger partial charge on any atom is 0.240 e. The molecule has 0 fully saturated rings. The summed E-state index contributed by atoms with van der Waals surface area (Å²) in [5.41, 5.74) is 1.75. The van der Waals surface area contributed by atoms with Crippen LogP contribution >= 0.6 is 0 Å². The number of nitrogens with zero attached hydrogens (tertiary/aromatic N) is 1. The van der Waals surface area contributed by atoms with E-state index >= 15 is 0 Å². The Kier molecular flexibility index (Phi) is 7.50. The average Bonchev–Trinajstić information content (AvgIpc) is 2.61. The zero-order valence-electron chi connectivity index (χ0n) is 15.5. The van der Waals surface area contributed by atoms with Gasteiger partial charge in [-0.3, -0.25) is 9.10 Å². The lowest BCUT2D eigenvalue weighted by atomic mass is 9.97. The Morgan fingerprint density at radius 2 is 2.04 bits per heavy atom. The van der Waals surface area contributed by atoms with E-state index in [1.807, 2.05) is 6.92 Å². The second-order valence-corrected chi connectivity index (χ2v) is 8.29. The molecule has 1 aliphatic rings. The molecule has 0 unspecified atom stereocenters. The fraction of sp³-hybridized carbons (Fsp3) is 0.526. The first kappa shape index (κ1) is 20.3. The molecule has 0 aliphatic heterocycles. The number of ether oxygens (including phenoxy) is 1. The van der Waals surface area contributed by atoms with E-state index in [4.69, 9.17) is 4.74 Å². The summed E-state index contributed by atoms with van der Waals surface area (Å²) in [4.78, 5) is 12.3. The molecule has 7 heteroatoms. The van der Waals surface area contributed by atoms with Gasteiger partial charge in [-0.25, -0.2) is 8.42 Å². The maximum atomic E-state index is 12.3. The van der Waals surface area contributed by atoms with Crippen LogP contribution in [0.2, 0.25) is 0 Å². The number of anilines is 1. The summed E-state index contributed by atoms with van der Waals surface area (Å²) in [6, 6.07) is 6.84. The van der Waals surface area contributed by atoms with Crippen molar-refractivity contribution >= 4 is 21.6 Å². The molecule has 0 heterocycles. The molecule has 0 saturated carbocycles. The van der Waals surface area contributed by atoms with Gasteiger partial charge >= 0.3 is 0 Å². The van der Waals surface area contributed by atoms with E-state index in [1.54, 1.807) is 24.3 Å². The third-order valence-corrected chi connectivity index (χ3v) is 5.40. The Balaban J connectivity index is 2.02. The van der Waals surface area contributed by atoms with E-state index in [0.717, 1.165) is 29.8 Å². The first-order valence-electron chi connectivity index (χ1n) is 9.06. The number of rotatable bonds is 9. The van der Waals surface area contributed by atoms with Crippen LogP contribution in [0.5, 0.6) is 5.75 Å². The molecule has 0 radical (unpaired) electrons. The van der Waals surface area contributed by atoms with Crippen LogP contribution in [0.1, 0.15) is 39.0 Å². The van der Waals surface area contributed by atoms with E-state index in [-0.39, 0.29) is 12.5 Å². The van der Waals surface area contributed by atoms with Crippen molar-refractivity contribution in [2.24, 2.45) is 0 Å². The van der Waals surface area contributed by atoms with Gasteiger partial charge < -0.3 is 10.1 Å². The molecule has 1 aromatic carbocycles. The molecule has 0 aromatic heterocycles. The van der Waals surface area contributed by atoms with Crippen molar-refractivity contribution in [1.82, 2.24) is 5.32 Å². The minimum atomic E-state index is -3.62. The Hall–Kier alpha value is -2.02. The average molecular weight is 381 g/mol. The number of sulfonamides is 1. The van der Waals surface area contributed by atoms with E-state index in [9.17, 15) is 13.2 Å². The summed E-state index contributed by atoms with van der Waals surface area (Å²) in [7, 11) is -3.62. The number of allylic oxidation sites excluding steroid dienone is 1. The highest BCUT2D eigenvalue weighted by Crippen LogP contribution is 2.29. The maximum absolute atomic E-state index is 12.3. The van der Waals surface area contributed by atoms with Gasteiger partial charge in [0.05, 0.1) is 18.6 Å². The van der Waals surface area contributed by atoms with Crippen molar-refractivity contribution in [1.29, 1.82) is 0 Å². The number of benzene rings is 1. The summed E-state index contributed by atoms with van der Waals surface area (Å²) in [5.74, 6) is 0.124. The van der Waals surface area contributed by atoms with Crippen LogP contribution in [0.4, 0.5) is 5.69 Å². The number of carbonyl (C=O) groups is 1. The summed E-state index contributed by atoms with van der Waals surface area (Å²) < 4.78 is 31.1. The lowest BCUT2D eigenvalue weighted by Gasteiger charge is -2.24. The van der Waals surface area contributed by atoms with E-state index in [1.165, 1.54) is 18.4 Å². The van der Waals surface area contributed by atoms with Gasteiger partial charge in [0.25, 0.3) is 0 Å². The van der Waals surface area contributed by atoms with Gasteiger partial charge in [-0.05, 0) is 51.2 Å². The van der Waals surface area contributed by atoms with Gasteiger partial charge in [-0.15, -0.1) is 0 Å². The summed E-state index contributed by atoms with van der Waals surface area (Å²) in [6.45, 7) is 2.50. The number of amides is 1. The predicted molar refractivity (Wildman–Crippen MR) is 104 cm³/mol. The highest BCUT2D eigenvalue weighted by Gasteiger charge is 2.23. The minimum Gasteiger partial charge on any atom is -0.492 e. The van der Waals surface area contributed by atoms with Crippen molar-refractivity contribution in [3.63, 3.8) is 0 Å². The van der Waals surface area contributed by atoms with Crippen LogP contribution in [0.25, 0.3) is 0 Å². The quantitative estimate of drug-likeness (QED) is 0.669. The molecule has 6 nitrogen and oxygen atoms in total. The van der Waals surface area contributed by atoms with Crippen molar-refractivity contribution in [3.8, 4) is 5.75 Å². The topological polar surface area (TPSA) is 75.7 Å². The van der Waals surface area contributed by atoms with E-state index in [0.29, 0.717) is 24.6 Å². The highest BCUT2D eigenvalue weighted by atomic mass is 32.2. The molecule has 0 spiro atoms. The second-order valence-electron chi connectivity index (χ2n) is 6.38. The van der Waals surface area contributed by atoms with Crippen LogP contribution in [0.3, 0.4) is 0 Å². The van der Waals surface area contributed by atoms with Crippen molar-refractivity contribution in [2.75, 3.05) is 30.3 Å². The minimum absolute atomic E-state index is 0.262. The fourth-order valence-electron chi connectivity index (χ4n) is 3.00. The molecule has 1 amide bonds. The largest absolute Gasteiger partial charge is 0.492 e. The summed E-state index contributed by atoms with van der Waals surface area (Å²) in [5, 5.41) is 2.83. The lowest BCUT2D eigenvalue weighted by molar-refractivity contribution is -0.119. The number of carbonyl (C=O) groups excluding carboxylic acids is 1. The zero-order chi connectivity index (χ0) is 19.0. The third kappa shape index (κ3) is 6.05. The molecular weight excluding hydrogens is 352 g/mol. The van der Waals surface area contributed by atoms with E-state index in [2.05, 4.69) is 11.4 Å². The first-order valence-corrected chi connectivity index (χ1v) is 10.9. The molecule has 0 saturated heterocycles. The standard InChI is InChI=1S/C19H28N2O4S/c1-3-25-18-12-8-7-11-17(18)21(26(2,23)24)15-19(22)20-14-13-16-9-5-4-6-10-16/h7-9,11-12H,3-6,10,13-15H2,1-2H3,(H,20,22). The molecule has 26 heavy (non-hydrogen) atoms. The number of nitrogens with one attached hydrogen (secondary N) is 1. The molecule has 1 N–H and O–H groups in total. The molecule has 1 aliphatic carbocycles. The highest BCUT2D eigenvalue weighted by molar-refractivity contribution is 7.92. The molecule has 0 bridgehead atoms. The van der Waals surface area contributed by atoms with Gasteiger partial charge in [0.1, 0.15) is 12.3 Å². The van der Waals surface area contributed by atoms with Gasteiger partial charge in [0.15, 0.2) is 0 Å². The Morgan fingerprint density at radius 3 is 2.69 bits per heavy atom. The Labute approximate surface area is 156 Å². The lowest BCUT2D eigenvalue weighted by Crippen LogP contribution is -2.40. The number of hydrogen-bond donors (Lipinski definition) is 1.